The predicted octanol–water partition coefficient (Wildman–Crippen LogP) is 6.70. The predicted molar refractivity (Wildman–Crippen MR) is 150 cm³/mol. The summed E-state index contributed by atoms with van der Waals surface area (Å²) in [4.78, 5) is 21.3. The molecule has 0 spiro atoms. The normalized spacial score (nSPS) is 16.8. The SMILES string of the molecule is Cc1cc(CN2CCN(c3ccc(-c4cccc(F)c4)cn3)[C@H](CC(C)C)C2)cc(CC(C)(C)C=O)c1. The highest BCUT2D eigenvalue weighted by atomic mass is 19.1. The molecular weight excluding hydrogens is 461 g/mol. The number of benzene rings is 2. The molecule has 4 nitrogen and oxygen atoms in total. The molecule has 0 N–H and O–H groups in total. The third kappa shape index (κ3) is 7.26. The average molecular weight is 502 g/mol. The zero-order valence-electron chi connectivity index (χ0n) is 22.9. The van der Waals surface area contributed by atoms with E-state index in [1.807, 2.05) is 32.2 Å². The van der Waals surface area contributed by atoms with E-state index in [1.165, 1.54) is 22.8 Å². The lowest BCUT2D eigenvalue weighted by molar-refractivity contribution is -0.114. The molecule has 3 aromatic rings. The van der Waals surface area contributed by atoms with Crippen LogP contribution in [0.2, 0.25) is 0 Å². The van der Waals surface area contributed by atoms with Gasteiger partial charge in [0.1, 0.15) is 17.9 Å². The summed E-state index contributed by atoms with van der Waals surface area (Å²) in [7, 11) is 0. The van der Waals surface area contributed by atoms with Crippen molar-refractivity contribution in [2.45, 2.75) is 60.0 Å². The van der Waals surface area contributed by atoms with E-state index < -0.39 is 0 Å². The number of aryl methyl sites for hydroxylation is 1. The summed E-state index contributed by atoms with van der Waals surface area (Å²) in [5.74, 6) is 1.33. The molecule has 0 bridgehead atoms. The molecule has 2 aromatic carbocycles. The van der Waals surface area contributed by atoms with Crippen molar-refractivity contribution >= 4 is 12.1 Å². The zero-order valence-corrected chi connectivity index (χ0v) is 22.9. The van der Waals surface area contributed by atoms with E-state index in [-0.39, 0.29) is 11.2 Å². The maximum Gasteiger partial charge on any atom is 0.128 e. The summed E-state index contributed by atoms with van der Waals surface area (Å²) in [6.45, 7) is 14.5. The Morgan fingerprint density at radius 1 is 1.05 bits per heavy atom. The summed E-state index contributed by atoms with van der Waals surface area (Å²) in [5.41, 5.74) is 5.20. The van der Waals surface area contributed by atoms with Crippen molar-refractivity contribution in [3.63, 3.8) is 0 Å². The molecule has 37 heavy (non-hydrogen) atoms. The van der Waals surface area contributed by atoms with Crippen LogP contribution < -0.4 is 4.90 Å². The Labute approximate surface area is 221 Å². The van der Waals surface area contributed by atoms with Gasteiger partial charge in [-0.15, -0.1) is 0 Å². The van der Waals surface area contributed by atoms with Crippen molar-refractivity contribution in [3.8, 4) is 11.1 Å². The van der Waals surface area contributed by atoms with E-state index in [4.69, 9.17) is 4.98 Å². The first-order valence-electron chi connectivity index (χ1n) is 13.4. The van der Waals surface area contributed by atoms with Gasteiger partial charge in [0.05, 0.1) is 0 Å². The summed E-state index contributed by atoms with van der Waals surface area (Å²) in [6, 6.07) is 17.9. The van der Waals surface area contributed by atoms with E-state index in [0.29, 0.717) is 12.0 Å². The number of hydrogen-bond donors (Lipinski definition) is 0. The molecule has 0 saturated carbocycles. The fourth-order valence-electron chi connectivity index (χ4n) is 5.47. The lowest BCUT2D eigenvalue weighted by Gasteiger charge is -2.43. The third-order valence-corrected chi connectivity index (χ3v) is 7.09. The van der Waals surface area contributed by atoms with Crippen LogP contribution in [0.5, 0.6) is 0 Å². The quantitative estimate of drug-likeness (QED) is 0.306. The van der Waals surface area contributed by atoms with Gasteiger partial charge >= 0.3 is 0 Å². The largest absolute Gasteiger partial charge is 0.351 e. The molecule has 0 aliphatic carbocycles. The van der Waals surface area contributed by atoms with Gasteiger partial charge in [0.15, 0.2) is 0 Å². The van der Waals surface area contributed by atoms with Crippen LogP contribution in [0.25, 0.3) is 11.1 Å². The van der Waals surface area contributed by atoms with E-state index in [0.717, 1.165) is 62.3 Å². The molecule has 0 unspecified atom stereocenters. The lowest BCUT2D eigenvalue weighted by atomic mass is 9.86. The second kappa shape index (κ2) is 11.6. The Kier molecular flexibility index (Phi) is 8.43. The number of halogens is 1. The average Bonchev–Trinajstić information content (AvgIpc) is 2.83. The molecule has 5 heteroatoms. The Hall–Kier alpha value is -3.05. The van der Waals surface area contributed by atoms with Crippen molar-refractivity contribution in [2.24, 2.45) is 11.3 Å². The number of piperazine rings is 1. The molecule has 1 atom stereocenters. The third-order valence-electron chi connectivity index (χ3n) is 7.09. The molecule has 1 saturated heterocycles. The Morgan fingerprint density at radius 3 is 2.51 bits per heavy atom. The Bertz CT molecular complexity index is 1200. The van der Waals surface area contributed by atoms with E-state index in [2.05, 4.69) is 54.8 Å². The van der Waals surface area contributed by atoms with Gasteiger partial charge < -0.3 is 9.69 Å². The Morgan fingerprint density at radius 2 is 1.84 bits per heavy atom. The van der Waals surface area contributed by atoms with Gasteiger partial charge in [-0.25, -0.2) is 9.37 Å². The monoisotopic (exact) mass is 501 g/mol. The van der Waals surface area contributed by atoms with Crippen LogP contribution in [0.15, 0.2) is 60.8 Å². The number of hydrogen-bond acceptors (Lipinski definition) is 4. The number of aromatic nitrogens is 1. The van der Waals surface area contributed by atoms with Crippen LogP contribution in [0.3, 0.4) is 0 Å². The maximum absolute atomic E-state index is 13.7. The maximum atomic E-state index is 13.7. The Balaban J connectivity index is 1.48. The minimum Gasteiger partial charge on any atom is -0.351 e. The van der Waals surface area contributed by atoms with Gasteiger partial charge in [-0.2, -0.15) is 0 Å². The van der Waals surface area contributed by atoms with Crippen LogP contribution in [0, 0.1) is 24.1 Å². The first-order chi connectivity index (χ1) is 17.6. The van der Waals surface area contributed by atoms with Crippen LogP contribution in [-0.2, 0) is 17.8 Å². The number of aldehydes is 1. The molecule has 1 aliphatic heterocycles. The topological polar surface area (TPSA) is 36.4 Å². The molecule has 2 heterocycles. The summed E-state index contributed by atoms with van der Waals surface area (Å²) in [6.07, 6.45) is 4.77. The minimum atomic E-state index is -0.351. The first-order valence-corrected chi connectivity index (χ1v) is 13.4. The molecule has 0 radical (unpaired) electrons. The van der Waals surface area contributed by atoms with Crippen LogP contribution in [0.4, 0.5) is 10.2 Å². The highest BCUT2D eigenvalue weighted by Crippen LogP contribution is 2.27. The minimum absolute atomic E-state index is 0.233. The molecular formula is C32H40FN3O. The fraction of sp³-hybridized carbons (Fsp3) is 0.438. The standard InChI is InChI=1S/C32H40FN3O/c1-23(2)13-30-21-35(20-26-15-24(3)14-25(16-26)18-32(4,5)22-37)11-12-36(30)31-10-9-28(19-34-31)27-7-6-8-29(33)17-27/h6-10,14-17,19,22-23,30H,11-13,18,20-21H2,1-5H3/t30-/m1/s1. The van der Waals surface area contributed by atoms with Gasteiger partial charge in [-0.1, -0.05) is 63.6 Å². The van der Waals surface area contributed by atoms with Gasteiger partial charge in [0, 0.05) is 49.4 Å². The number of rotatable bonds is 9. The number of carbonyl (C=O) groups excluding carboxylic acids is 1. The van der Waals surface area contributed by atoms with Gasteiger partial charge in [0.25, 0.3) is 0 Å². The number of pyridine rings is 1. The van der Waals surface area contributed by atoms with Crippen LogP contribution in [0.1, 0.15) is 50.8 Å². The summed E-state index contributed by atoms with van der Waals surface area (Å²) >= 11 is 0. The van der Waals surface area contributed by atoms with Crippen molar-refractivity contribution in [2.75, 3.05) is 24.5 Å². The van der Waals surface area contributed by atoms with E-state index >= 15 is 0 Å². The van der Waals surface area contributed by atoms with E-state index in [1.54, 1.807) is 12.1 Å². The highest BCUT2D eigenvalue weighted by molar-refractivity contribution is 5.64. The molecule has 4 rings (SSSR count). The van der Waals surface area contributed by atoms with Gasteiger partial charge in [-0.3, -0.25) is 4.90 Å². The summed E-state index contributed by atoms with van der Waals surface area (Å²) in [5, 5.41) is 0. The van der Waals surface area contributed by atoms with Crippen molar-refractivity contribution in [3.05, 3.63) is 83.3 Å². The molecule has 1 fully saturated rings. The fourth-order valence-corrected chi connectivity index (χ4v) is 5.47. The van der Waals surface area contributed by atoms with Gasteiger partial charge in [0.2, 0.25) is 0 Å². The van der Waals surface area contributed by atoms with E-state index in [9.17, 15) is 9.18 Å². The molecule has 1 aromatic heterocycles. The molecule has 0 amide bonds. The van der Waals surface area contributed by atoms with Crippen LogP contribution >= 0.6 is 0 Å². The second-order valence-corrected chi connectivity index (χ2v) is 11.7. The first kappa shape index (κ1) is 27.0. The zero-order chi connectivity index (χ0) is 26.6. The smallest absolute Gasteiger partial charge is 0.128 e. The second-order valence-electron chi connectivity index (χ2n) is 11.7. The number of nitrogens with zero attached hydrogens (tertiary/aromatic N) is 3. The van der Waals surface area contributed by atoms with Crippen molar-refractivity contribution < 1.29 is 9.18 Å². The van der Waals surface area contributed by atoms with Crippen molar-refractivity contribution in [1.82, 2.24) is 9.88 Å². The molecule has 1 aliphatic rings. The summed E-state index contributed by atoms with van der Waals surface area (Å²) < 4.78 is 13.7. The highest BCUT2D eigenvalue weighted by Gasteiger charge is 2.29. The number of anilines is 1. The van der Waals surface area contributed by atoms with Gasteiger partial charge in [-0.05, 0) is 66.6 Å². The molecule has 196 valence electrons. The number of carbonyl (C=O) groups is 1. The lowest BCUT2D eigenvalue weighted by Crippen LogP contribution is -2.53. The van der Waals surface area contributed by atoms with Crippen LogP contribution in [-0.4, -0.2) is 41.8 Å². The van der Waals surface area contributed by atoms with Crippen molar-refractivity contribution in [1.29, 1.82) is 0 Å².